The Morgan fingerprint density at radius 1 is 1.35 bits per heavy atom. The van der Waals surface area contributed by atoms with Crippen LogP contribution in [0.5, 0.6) is 0 Å². The molecule has 0 bridgehead atoms. The van der Waals surface area contributed by atoms with Gasteiger partial charge in [0, 0.05) is 17.6 Å². The van der Waals surface area contributed by atoms with E-state index in [9.17, 15) is 0 Å². The molecule has 3 aromatic rings. The molecule has 0 saturated heterocycles. The van der Waals surface area contributed by atoms with Gasteiger partial charge in [-0.1, -0.05) is 11.6 Å². The topological polar surface area (TPSA) is 49.7 Å². The van der Waals surface area contributed by atoms with Crippen LogP contribution in [-0.4, -0.2) is 22.6 Å². The standard InChI is InChI=1S/C18H22ClN6S/c1-4-25(10-9-24-8-7-23(3)13-24)15-5-6-17(16(19)11-15)21-22-18-20-14(2)12-26-18/h5-8,11-13H,4,9-10H2,1-3H3/q+1. The summed E-state index contributed by atoms with van der Waals surface area (Å²) in [6.45, 7) is 6.80. The van der Waals surface area contributed by atoms with E-state index >= 15 is 0 Å². The van der Waals surface area contributed by atoms with Gasteiger partial charge in [-0.05, 0) is 32.0 Å². The molecule has 8 heteroatoms. The summed E-state index contributed by atoms with van der Waals surface area (Å²) in [5.74, 6) is 0. The summed E-state index contributed by atoms with van der Waals surface area (Å²) in [5, 5.41) is 11.6. The Hall–Kier alpha value is -2.25. The third-order valence-corrected chi connectivity index (χ3v) is 5.13. The molecule has 0 spiro atoms. The number of anilines is 1. The molecule has 6 nitrogen and oxygen atoms in total. The Balaban J connectivity index is 1.69. The normalized spacial score (nSPS) is 11.4. The van der Waals surface area contributed by atoms with Crippen LogP contribution >= 0.6 is 22.9 Å². The Labute approximate surface area is 162 Å². The van der Waals surface area contributed by atoms with E-state index in [-0.39, 0.29) is 0 Å². The molecule has 0 aliphatic rings. The van der Waals surface area contributed by atoms with E-state index in [0.717, 1.165) is 31.0 Å². The maximum Gasteiger partial charge on any atom is 0.243 e. The van der Waals surface area contributed by atoms with Crippen molar-refractivity contribution in [2.24, 2.45) is 17.3 Å². The molecule has 136 valence electrons. The first kappa shape index (κ1) is 18.5. The Kier molecular flexibility index (Phi) is 6.00. The van der Waals surface area contributed by atoms with Crippen molar-refractivity contribution in [2.75, 3.05) is 18.0 Å². The molecule has 2 heterocycles. The zero-order valence-electron chi connectivity index (χ0n) is 15.1. The number of hydrogen-bond acceptors (Lipinski definition) is 5. The van der Waals surface area contributed by atoms with Crippen LogP contribution in [0.1, 0.15) is 12.6 Å². The molecule has 0 aliphatic heterocycles. The lowest BCUT2D eigenvalue weighted by molar-refractivity contribution is -0.671. The molecule has 0 N–H and O–H groups in total. The van der Waals surface area contributed by atoms with Crippen LogP contribution < -0.4 is 9.47 Å². The number of nitrogens with zero attached hydrogens (tertiary/aromatic N) is 6. The second kappa shape index (κ2) is 8.42. The van der Waals surface area contributed by atoms with Gasteiger partial charge in [0.2, 0.25) is 11.5 Å². The van der Waals surface area contributed by atoms with Crippen molar-refractivity contribution >= 4 is 39.4 Å². The molecule has 1 aromatic carbocycles. The average molecular weight is 390 g/mol. The van der Waals surface area contributed by atoms with Gasteiger partial charge in [-0.25, -0.2) is 14.1 Å². The number of imidazole rings is 1. The highest BCUT2D eigenvalue weighted by atomic mass is 35.5. The molecule has 0 amide bonds. The third-order valence-electron chi connectivity index (χ3n) is 3.98. The van der Waals surface area contributed by atoms with E-state index in [0.29, 0.717) is 15.8 Å². The number of benzene rings is 1. The number of hydrogen-bond donors (Lipinski definition) is 0. The Morgan fingerprint density at radius 3 is 2.81 bits per heavy atom. The number of aryl methyl sites for hydroxylation is 2. The van der Waals surface area contributed by atoms with E-state index in [1.54, 1.807) is 0 Å². The smallest absolute Gasteiger partial charge is 0.243 e. The van der Waals surface area contributed by atoms with Crippen LogP contribution in [-0.2, 0) is 13.6 Å². The fourth-order valence-electron chi connectivity index (χ4n) is 2.60. The van der Waals surface area contributed by atoms with Gasteiger partial charge in [-0.3, -0.25) is 0 Å². The van der Waals surface area contributed by atoms with Crippen molar-refractivity contribution in [3.8, 4) is 0 Å². The Bertz CT molecular complexity index is 901. The fraction of sp³-hybridized carbons (Fsp3) is 0.333. The lowest BCUT2D eigenvalue weighted by atomic mass is 10.2. The number of likely N-dealkylation sites (N-methyl/N-ethyl adjacent to an activating group) is 1. The van der Waals surface area contributed by atoms with E-state index in [2.05, 4.69) is 44.1 Å². The highest BCUT2D eigenvalue weighted by Crippen LogP contribution is 2.31. The maximum atomic E-state index is 6.42. The first-order chi connectivity index (χ1) is 12.5. The minimum atomic E-state index is 0.588. The number of rotatable bonds is 7. The molecular weight excluding hydrogens is 368 g/mol. The SMILES string of the molecule is CCN(CCn1cc[n+](C)c1)c1ccc(N=Nc2nc(C)cs2)c(Cl)c1. The first-order valence-corrected chi connectivity index (χ1v) is 9.70. The molecule has 2 aromatic heterocycles. The van der Waals surface area contributed by atoms with Crippen LogP contribution in [0.15, 0.2) is 52.5 Å². The van der Waals surface area contributed by atoms with Crippen molar-refractivity contribution in [3.05, 3.63) is 53.0 Å². The van der Waals surface area contributed by atoms with Gasteiger partial charge in [-0.2, -0.15) is 0 Å². The zero-order chi connectivity index (χ0) is 18.5. The van der Waals surface area contributed by atoms with Gasteiger partial charge in [0.05, 0.1) is 24.3 Å². The van der Waals surface area contributed by atoms with Gasteiger partial charge >= 0.3 is 0 Å². The van der Waals surface area contributed by atoms with Crippen molar-refractivity contribution in [3.63, 3.8) is 0 Å². The quantitative estimate of drug-likeness (QED) is 0.435. The van der Waals surface area contributed by atoms with Gasteiger partial charge in [-0.15, -0.1) is 21.6 Å². The van der Waals surface area contributed by atoms with Crippen LogP contribution in [0.3, 0.4) is 0 Å². The molecule has 0 aliphatic carbocycles. The maximum absolute atomic E-state index is 6.42. The summed E-state index contributed by atoms with van der Waals surface area (Å²) in [6.07, 6.45) is 6.19. The van der Waals surface area contributed by atoms with Gasteiger partial charge < -0.3 is 4.90 Å². The molecule has 0 atom stereocenters. The number of azo groups is 1. The van der Waals surface area contributed by atoms with Gasteiger partial charge in [0.1, 0.15) is 24.6 Å². The molecule has 0 unspecified atom stereocenters. The number of thiazole rings is 1. The minimum Gasteiger partial charge on any atom is -0.368 e. The predicted molar refractivity (Wildman–Crippen MR) is 106 cm³/mol. The molecule has 0 saturated carbocycles. The van der Waals surface area contributed by atoms with Crippen LogP contribution in [0.4, 0.5) is 16.5 Å². The summed E-state index contributed by atoms with van der Waals surface area (Å²) in [5.41, 5.74) is 2.68. The average Bonchev–Trinajstić information content (AvgIpc) is 3.23. The Morgan fingerprint density at radius 2 is 2.19 bits per heavy atom. The van der Waals surface area contributed by atoms with E-state index in [4.69, 9.17) is 11.6 Å². The second-order valence-electron chi connectivity index (χ2n) is 6.00. The predicted octanol–water partition coefficient (Wildman–Crippen LogP) is 4.67. The van der Waals surface area contributed by atoms with Crippen LogP contribution in [0, 0.1) is 6.92 Å². The highest BCUT2D eigenvalue weighted by molar-refractivity contribution is 7.13. The zero-order valence-corrected chi connectivity index (χ0v) is 16.7. The second-order valence-corrected chi connectivity index (χ2v) is 7.25. The molecule has 3 rings (SSSR count). The summed E-state index contributed by atoms with van der Waals surface area (Å²) in [6, 6.07) is 5.88. The van der Waals surface area contributed by atoms with Crippen molar-refractivity contribution in [1.82, 2.24) is 9.55 Å². The monoisotopic (exact) mass is 389 g/mol. The van der Waals surface area contributed by atoms with Crippen molar-refractivity contribution < 1.29 is 4.57 Å². The number of aromatic nitrogens is 3. The minimum absolute atomic E-state index is 0.588. The third kappa shape index (κ3) is 4.68. The highest BCUT2D eigenvalue weighted by Gasteiger charge is 2.10. The molecule has 0 fully saturated rings. The van der Waals surface area contributed by atoms with Crippen molar-refractivity contribution in [1.29, 1.82) is 0 Å². The molecule has 0 radical (unpaired) electrons. The van der Waals surface area contributed by atoms with Crippen molar-refractivity contribution in [2.45, 2.75) is 20.4 Å². The lowest BCUT2D eigenvalue weighted by Gasteiger charge is -2.22. The summed E-state index contributed by atoms with van der Waals surface area (Å²) in [7, 11) is 2.02. The largest absolute Gasteiger partial charge is 0.368 e. The molecule has 26 heavy (non-hydrogen) atoms. The van der Waals surface area contributed by atoms with Gasteiger partial charge in [0.25, 0.3) is 0 Å². The summed E-state index contributed by atoms with van der Waals surface area (Å²) >= 11 is 7.88. The van der Waals surface area contributed by atoms with E-state index in [1.165, 1.54) is 11.3 Å². The molecular formula is C18H22ClN6S+. The summed E-state index contributed by atoms with van der Waals surface area (Å²) in [4.78, 5) is 6.56. The lowest BCUT2D eigenvalue weighted by Crippen LogP contribution is -2.28. The van der Waals surface area contributed by atoms with Gasteiger partial charge in [0.15, 0.2) is 0 Å². The van der Waals surface area contributed by atoms with E-state index < -0.39 is 0 Å². The summed E-state index contributed by atoms with van der Waals surface area (Å²) < 4.78 is 4.21. The first-order valence-electron chi connectivity index (χ1n) is 8.44. The van der Waals surface area contributed by atoms with Crippen LogP contribution in [0.25, 0.3) is 0 Å². The fourth-order valence-corrected chi connectivity index (χ4v) is 3.42. The number of halogens is 1. The van der Waals surface area contributed by atoms with Crippen LogP contribution in [0.2, 0.25) is 5.02 Å². The van der Waals surface area contributed by atoms with E-state index in [1.807, 2.05) is 48.3 Å².